The van der Waals surface area contributed by atoms with Crippen molar-refractivity contribution in [3.63, 3.8) is 0 Å². The van der Waals surface area contributed by atoms with Gasteiger partial charge in [0.2, 0.25) is 0 Å². The maximum atomic E-state index is 13.2. The molecule has 214 valence electrons. The highest BCUT2D eigenvalue weighted by atomic mass is 35.5. The van der Waals surface area contributed by atoms with E-state index in [9.17, 15) is 9.59 Å². The van der Waals surface area contributed by atoms with E-state index in [1.807, 2.05) is 23.9 Å². The summed E-state index contributed by atoms with van der Waals surface area (Å²) in [5.74, 6) is 2.03. The Morgan fingerprint density at radius 2 is 1.78 bits per heavy atom. The molecule has 0 saturated heterocycles. The lowest BCUT2D eigenvalue weighted by molar-refractivity contribution is -0.120. The third-order valence-corrected chi connectivity index (χ3v) is 8.09. The molecule has 12 heteroatoms. The molecule has 6 rings (SSSR count). The van der Waals surface area contributed by atoms with Gasteiger partial charge in [-0.15, -0.1) is 5.10 Å². The summed E-state index contributed by atoms with van der Waals surface area (Å²) in [6.07, 6.45) is 14.8. The average molecular weight is 576 g/mol. The number of hydrogen-bond donors (Lipinski definition) is 3. The summed E-state index contributed by atoms with van der Waals surface area (Å²) in [6.45, 7) is 0. The van der Waals surface area contributed by atoms with Crippen LogP contribution in [0.5, 0.6) is 0 Å². The minimum absolute atomic E-state index is 0.243. The number of fused-ring (bicyclic) bond motifs is 1. The summed E-state index contributed by atoms with van der Waals surface area (Å²) >= 11 is 5.98. The van der Waals surface area contributed by atoms with Crippen molar-refractivity contribution in [2.45, 2.75) is 69.9 Å². The van der Waals surface area contributed by atoms with Crippen LogP contribution in [0.3, 0.4) is 0 Å². The van der Waals surface area contributed by atoms with Gasteiger partial charge in [-0.1, -0.05) is 11.6 Å². The van der Waals surface area contributed by atoms with Crippen LogP contribution in [0.4, 0.5) is 17.2 Å². The standard InChI is InChI=1S/C29H34ClN9O2/c1-38-13-12-32-27(38)9-8-22(40)14-18-2-4-20(5-3-18)35-26-16-23(34-19-6-7-19)28-33-17-24(39(28)37-26)29(41)36-21-10-11-31-25(30)15-21/h10-13,15-20,34H,2-9,14H2,1H3,(H,35,37)(H,31,36,41). The average Bonchev–Trinajstić information content (AvgIpc) is 3.50. The summed E-state index contributed by atoms with van der Waals surface area (Å²) in [7, 11) is 1.96. The van der Waals surface area contributed by atoms with Gasteiger partial charge in [0.1, 0.15) is 22.6 Å². The normalized spacial score (nSPS) is 18.8. The number of pyridine rings is 1. The van der Waals surface area contributed by atoms with Crippen molar-refractivity contribution in [1.82, 2.24) is 29.1 Å². The second-order valence-corrected chi connectivity index (χ2v) is 11.5. The van der Waals surface area contributed by atoms with E-state index in [0.29, 0.717) is 65.0 Å². The molecule has 0 spiro atoms. The first kappa shape index (κ1) is 27.2. The van der Waals surface area contributed by atoms with Crippen LogP contribution in [0.25, 0.3) is 5.65 Å². The summed E-state index contributed by atoms with van der Waals surface area (Å²) < 4.78 is 3.56. The van der Waals surface area contributed by atoms with Crippen LogP contribution in [0.1, 0.15) is 67.7 Å². The van der Waals surface area contributed by atoms with Gasteiger partial charge in [0.15, 0.2) is 11.3 Å². The lowest BCUT2D eigenvalue weighted by Crippen LogP contribution is -2.28. The molecule has 0 radical (unpaired) electrons. The number of halogens is 1. The van der Waals surface area contributed by atoms with Crippen LogP contribution < -0.4 is 16.0 Å². The predicted molar refractivity (Wildman–Crippen MR) is 157 cm³/mol. The Balaban J connectivity index is 1.10. The van der Waals surface area contributed by atoms with Crippen molar-refractivity contribution in [3.8, 4) is 0 Å². The van der Waals surface area contributed by atoms with E-state index in [1.54, 1.807) is 29.0 Å². The van der Waals surface area contributed by atoms with Crippen molar-refractivity contribution < 1.29 is 9.59 Å². The number of ketones is 1. The van der Waals surface area contributed by atoms with E-state index >= 15 is 0 Å². The molecule has 11 nitrogen and oxygen atoms in total. The van der Waals surface area contributed by atoms with Gasteiger partial charge >= 0.3 is 0 Å². The van der Waals surface area contributed by atoms with Crippen LogP contribution in [-0.2, 0) is 18.3 Å². The maximum Gasteiger partial charge on any atom is 0.276 e. The molecule has 4 heterocycles. The van der Waals surface area contributed by atoms with Gasteiger partial charge in [-0.25, -0.2) is 19.5 Å². The number of carbonyl (C=O) groups excluding carboxylic acids is 2. The Morgan fingerprint density at radius 1 is 1.00 bits per heavy atom. The molecular formula is C29H34ClN9O2. The van der Waals surface area contributed by atoms with Gasteiger partial charge in [-0.2, -0.15) is 0 Å². The molecule has 2 saturated carbocycles. The smallest absolute Gasteiger partial charge is 0.276 e. The highest BCUT2D eigenvalue weighted by Crippen LogP contribution is 2.32. The summed E-state index contributed by atoms with van der Waals surface area (Å²) in [4.78, 5) is 38.6. The van der Waals surface area contributed by atoms with Crippen LogP contribution in [0, 0.1) is 5.92 Å². The molecule has 41 heavy (non-hydrogen) atoms. The maximum absolute atomic E-state index is 13.2. The number of amides is 1. The Hall–Kier alpha value is -3.99. The molecule has 3 N–H and O–H groups in total. The highest BCUT2D eigenvalue weighted by Gasteiger charge is 2.26. The van der Waals surface area contributed by atoms with Crippen LogP contribution in [0.15, 0.2) is 43.0 Å². The zero-order valence-corrected chi connectivity index (χ0v) is 23.8. The number of hydrogen-bond acceptors (Lipinski definition) is 8. The van der Waals surface area contributed by atoms with Gasteiger partial charge in [0.05, 0.1) is 11.9 Å². The van der Waals surface area contributed by atoms with E-state index in [2.05, 4.69) is 30.9 Å². The molecule has 0 unspecified atom stereocenters. The summed E-state index contributed by atoms with van der Waals surface area (Å²) in [5, 5.41) is 15.0. The van der Waals surface area contributed by atoms with Crippen molar-refractivity contribution >= 4 is 46.1 Å². The van der Waals surface area contributed by atoms with E-state index in [4.69, 9.17) is 16.7 Å². The van der Waals surface area contributed by atoms with Gasteiger partial charge < -0.3 is 20.5 Å². The van der Waals surface area contributed by atoms with Gasteiger partial charge in [0.25, 0.3) is 5.91 Å². The Kier molecular flexibility index (Phi) is 7.86. The van der Waals surface area contributed by atoms with Crippen LogP contribution >= 0.6 is 11.6 Å². The number of aryl methyl sites for hydroxylation is 2. The molecule has 0 bridgehead atoms. The molecule has 4 aromatic heterocycles. The topological polar surface area (TPSA) is 131 Å². The SMILES string of the molecule is Cn1ccnc1CCC(=O)CC1CCC(Nc2cc(NC3CC3)c3ncc(C(=O)Nc4ccnc(Cl)c4)n3n2)CC1. The fourth-order valence-corrected chi connectivity index (χ4v) is 5.63. The summed E-state index contributed by atoms with van der Waals surface area (Å²) in [5.41, 5.74) is 2.32. The lowest BCUT2D eigenvalue weighted by atomic mass is 9.82. The first-order valence-corrected chi connectivity index (χ1v) is 14.6. The predicted octanol–water partition coefficient (Wildman–Crippen LogP) is 4.90. The third-order valence-electron chi connectivity index (χ3n) is 7.89. The Labute approximate surface area is 243 Å². The lowest BCUT2D eigenvalue weighted by Gasteiger charge is -2.29. The zero-order chi connectivity index (χ0) is 28.3. The van der Waals surface area contributed by atoms with Gasteiger partial charge in [-0.3, -0.25) is 9.59 Å². The van der Waals surface area contributed by atoms with Crippen molar-refractivity contribution in [1.29, 1.82) is 0 Å². The van der Waals surface area contributed by atoms with Crippen LogP contribution in [-0.4, -0.2) is 52.9 Å². The van der Waals surface area contributed by atoms with Crippen molar-refractivity contribution in [2.75, 3.05) is 16.0 Å². The summed E-state index contributed by atoms with van der Waals surface area (Å²) in [6, 6.07) is 5.91. The van der Waals surface area contributed by atoms with Crippen molar-refractivity contribution in [3.05, 3.63) is 59.7 Å². The molecule has 4 aromatic rings. The molecule has 2 fully saturated rings. The number of imidazole rings is 2. The zero-order valence-electron chi connectivity index (χ0n) is 23.0. The first-order chi connectivity index (χ1) is 19.9. The Morgan fingerprint density at radius 3 is 2.51 bits per heavy atom. The Bertz CT molecular complexity index is 1550. The number of anilines is 3. The largest absolute Gasteiger partial charge is 0.379 e. The highest BCUT2D eigenvalue weighted by molar-refractivity contribution is 6.29. The molecule has 0 atom stereocenters. The second-order valence-electron chi connectivity index (χ2n) is 11.1. The first-order valence-electron chi connectivity index (χ1n) is 14.2. The molecule has 2 aliphatic carbocycles. The van der Waals surface area contributed by atoms with Gasteiger partial charge in [0, 0.05) is 68.7 Å². The van der Waals surface area contributed by atoms with Gasteiger partial charge in [-0.05, 0) is 56.6 Å². The fourth-order valence-electron chi connectivity index (χ4n) is 5.46. The monoisotopic (exact) mass is 575 g/mol. The van der Waals surface area contributed by atoms with Crippen LogP contribution in [0.2, 0.25) is 5.15 Å². The quantitative estimate of drug-likeness (QED) is 0.215. The number of Topliss-reactive ketones (excluding diaryl/α,β-unsaturated/α-hetero) is 1. The number of aromatic nitrogens is 6. The van der Waals surface area contributed by atoms with E-state index in [1.165, 1.54) is 6.20 Å². The molecule has 1 amide bonds. The molecule has 2 aliphatic rings. The molecule has 0 aliphatic heterocycles. The van der Waals surface area contributed by atoms with E-state index in [0.717, 1.165) is 50.0 Å². The van der Waals surface area contributed by atoms with E-state index in [-0.39, 0.29) is 11.9 Å². The number of nitrogens with zero attached hydrogens (tertiary/aromatic N) is 6. The van der Waals surface area contributed by atoms with Crippen molar-refractivity contribution in [2.24, 2.45) is 13.0 Å². The number of carbonyl (C=O) groups is 2. The van der Waals surface area contributed by atoms with E-state index < -0.39 is 0 Å². The third kappa shape index (κ3) is 6.67. The number of rotatable bonds is 11. The number of nitrogens with one attached hydrogen (secondary N) is 3. The fraction of sp³-hybridized carbons (Fsp3) is 0.448. The molecular weight excluding hydrogens is 542 g/mol. The minimum atomic E-state index is -0.338. The minimum Gasteiger partial charge on any atom is -0.379 e. The second kappa shape index (κ2) is 11.9. The molecule has 0 aromatic carbocycles.